The molecule has 0 aliphatic heterocycles. The molecule has 0 saturated heterocycles. The first kappa shape index (κ1) is 12.4. The van der Waals surface area contributed by atoms with E-state index in [1.54, 1.807) is 0 Å². The van der Waals surface area contributed by atoms with Crippen LogP contribution in [0.3, 0.4) is 0 Å². The molecule has 0 radical (unpaired) electrons. The zero-order valence-corrected chi connectivity index (χ0v) is 10.8. The number of hydrogen-bond donors (Lipinski definition) is 2. The van der Waals surface area contributed by atoms with Crippen molar-refractivity contribution < 1.29 is 5.11 Å². The van der Waals surface area contributed by atoms with Crippen molar-refractivity contribution in [2.24, 2.45) is 5.73 Å². The van der Waals surface area contributed by atoms with Gasteiger partial charge in [0.15, 0.2) is 0 Å². The molecule has 0 spiro atoms. The van der Waals surface area contributed by atoms with Gasteiger partial charge in [0.25, 0.3) is 0 Å². The summed E-state index contributed by atoms with van der Waals surface area (Å²) in [7, 11) is -0.432. The van der Waals surface area contributed by atoms with Gasteiger partial charge < -0.3 is 10.8 Å². The molecule has 84 valence electrons. The summed E-state index contributed by atoms with van der Waals surface area (Å²) >= 11 is 0. The first-order valence-electron chi connectivity index (χ1n) is 5.60. The standard InChI is InChI=1S/C6H17NOSi.C6H4/c1-9(2)4-3-6(7)5-8;1-2-6-4-3-5(1)6/h6,8-9H,3-5,7H2,1-2H3;1-4H. The number of hydrogen-bond acceptors (Lipinski definition) is 2. The minimum atomic E-state index is -0.432. The Labute approximate surface area is 93.7 Å². The number of benzene rings is 1. The van der Waals surface area contributed by atoms with E-state index in [0.717, 1.165) is 6.42 Å². The van der Waals surface area contributed by atoms with Crippen LogP contribution in [0.15, 0.2) is 24.3 Å². The van der Waals surface area contributed by atoms with Crippen LogP contribution in [0, 0.1) is 0 Å². The fourth-order valence-corrected chi connectivity index (χ4v) is 2.40. The Morgan fingerprint density at radius 3 is 1.87 bits per heavy atom. The van der Waals surface area contributed by atoms with Crippen molar-refractivity contribution in [3.05, 3.63) is 24.3 Å². The van der Waals surface area contributed by atoms with Gasteiger partial charge in [-0.25, -0.2) is 0 Å². The predicted molar refractivity (Wildman–Crippen MR) is 68.8 cm³/mol. The highest BCUT2D eigenvalue weighted by Crippen LogP contribution is 2.29. The van der Waals surface area contributed by atoms with E-state index in [2.05, 4.69) is 37.4 Å². The average Bonchev–Trinajstić information content (AvgIpc) is 2.20. The monoisotopic (exact) mass is 223 g/mol. The van der Waals surface area contributed by atoms with Crippen molar-refractivity contribution in [2.45, 2.75) is 31.6 Å². The lowest BCUT2D eigenvalue weighted by Gasteiger charge is -2.10. The molecule has 3 heteroatoms. The number of aliphatic hydroxyl groups excluding tert-OH is 1. The molecule has 0 heterocycles. The van der Waals surface area contributed by atoms with Crippen molar-refractivity contribution in [3.8, 4) is 11.1 Å². The van der Waals surface area contributed by atoms with Gasteiger partial charge in [0.05, 0.1) is 6.61 Å². The van der Waals surface area contributed by atoms with Crippen LogP contribution in [-0.4, -0.2) is 26.6 Å². The number of fused-ring (bicyclic) bond motifs is 1. The van der Waals surface area contributed by atoms with Crippen molar-refractivity contribution in [1.29, 1.82) is 0 Å². The molecule has 1 atom stereocenters. The predicted octanol–water partition coefficient (Wildman–Crippen LogP) is 1.85. The molecular formula is C12H21NOSi. The van der Waals surface area contributed by atoms with Crippen molar-refractivity contribution >= 4 is 8.80 Å². The zero-order valence-electron chi connectivity index (χ0n) is 9.61. The van der Waals surface area contributed by atoms with Gasteiger partial charge in [-0.1, -0.05) is 43.4 Å². The van der Waals surface area contributed by atoms with Crippen LogP contribution in [0.4, 0.5) is 0 Å². The molecule has 0 fully saturated rings. The minimum absolute atomic E-state index is 0.0277. The van der Waals surface area contributed by atoms with Crippen molar-refractivity contribution in [1.82, 2.24) is 0 Å². The second-order valence-electron chi connectivity index (χ2n) is 4.49. The van der Waals surface area contributed by atoms with Crippen LogP contribution in [0.25, 0.3) is 11.1 Å². The Kier molecular flexibility index (Phi) is 5.01. The van der Waals surface area contributed by atoms with E-state index in [9.17, 15) is 0 Å². The van der Waals surface area contributed by atoms with Gasteiger partial charge in [0.1, 0.15) is 0 Å². The van der Waals surface area contributed by atoms with E-state index < -0.39 is 8.80 Å². The third kappa shape index (κ3) is 4.16. The lowest BCUT2D eigenvalue weighted by atomic mass is 9.95. The van der Waals surface area contributed by atoms with Gasteiger partial charge in [-0.05, 0) is 17.5 Å². The van der Waals surface area contributed by atoms with Gasteiger partial charge >= 0.3 is 0 Å². The quantitative estimate of drug-likeness (QED) is 0.777. The third-order valence-electron chi connectivity index (χ3n) is 2.57. The molecular weight excluding hydrogens is 202 g/mol. The van der Waals surface area contributed by atoms with Gasteiger partial charge in [-0.3, -0.25) is 0 Å². The molecule has 0 saturated carbocycles. The largest absolute Gasteiger partial charge is 0.395 e. The van der Waals surface area contributed by atoms with E-state index in [4.69, 9.17) is 10.8 Å². The molecule has 0 aromatic rings. The number of aliphatic hydroxyl groups is 1. The van der Waals surface area contributed by atoms with Crippen LogP contribution >= 0.6 is 0 Å². The van der Waals surface area contributed by atoms with Crippen LogP contribution in [0.2, 0.25) is 19.1 Å². The highest BCUT2D eigenvalue weighted by atomic mass is 28.3. The molecule has 0 aromatic carbocycles. The SMILES string of the molecule is C[SiH](C)CCC(N)CO.c1cc2ccc1-2. The van der Waals surface area contributed by atoms with Gasteiger partial charge in [-0.15, -0.1) is 0 Å². The Bertz CT molecular complexity index is 263. The maximum Gasteiger partial charge on any atom is 0.0582 e. The molecule has 2 rings (SSSR count). The van der Waals surface area contributed by atoms with E-state index in [0.29, 0.717) is 0 Å². The number of rotatable bonds is 4. The van der Waals surface area contributed by atoms with E-state index in [1.165, 1.54) is 17.2 Å². The molecule has 0 amide bonds. The Hall–Kier alpha value is -0.643. The van der Waals surface area contributed by atoms with Crippen LogP contribution < -0.4 is 5.73 Å². The van der Waals surface area contributed by atoms with Crippen LogP contribution in [-0.2, 0) is 0 Å². The third-order valence-corrected chi connectivity index (χ3v) is 4.06. The van der Waals surface area contributed by atoms with E-state index >= 15 is 0 Å². The fourth-order valence-electron chi connectivity index (χ4n) is 1.30. The maximum absolute atomic E-state index is 8.54. The van der Waals surface area contributed by atoms with E-state index in [1.807, 2.05) is 0 Å². The highest BCUT2D eigenvalue weighted by Gasteiger charge is 2.04. The minimum Gasteiger partial charge on any atom is -0.395 e. The van der Waals surface area contributed by atoms with Crippen molar-refractivity contribution in [3.63, 3.8) is 0 Å². The number of nitrogens with two attached hydrogens (primary N) is 1. The lowest BCUT2D eigenvalue weighted by Crippen LogP contribution is -2.25. The summed E-state index contributed by atoms with van der Waals surface area (Å²) in [5.74, 6) is 0. The van der Waals surface area contributed by atoms with E-state index in [-0.39, 0.29) is 12.6 Å². The molecule has 15 heavy (non-hydrogen) atoms. The van der Waals surface area contributed by atoms with Gasteiger partial charge in [-0.2, -0.15) is 0 Å². The average molecular weight is 223 g/mol. The molecule has 2 nitrogen and oxygen atoms in total. The first-order valence-corrected chi connectivity index (χ1v) is 8.73. The van der Waals surface area contributed by atoms with Crippen molar-refractivity contribution in [2.75, 3.05) is 6.61 Å². The Balaban J connectivity index is 0.000000158. The van der Waals surface area contributed by atoms with Crippen LogP contribution in [0.5, 0.6) is 0 Å². The second-order valence-corrected chi connectivity index (χ2v) is 7.86. The molecule has 1 unspecified atom stereocenters. The lowest BCUT2D eigenvalue weighted by molar-refractivity contribution is 0.263. The summed E-state index contributed by atoms with van der Waals surface area (Å²) in [6.45, 7) is 4.73. The smallest absolute Gasteiger partial charge is 0.0582 e. The highest BCUT2D eigenvalue weighted by molar-refractivity contribution is 6.55. The summed E-state index contributed by atoms with van der Waals surface area (Å²) in [6.07, 6.45) is 1.00. The summed E-state index contributed by atoms with van der Waals surface area (Å²) in [6, 6.07) is 9.76. The summed E-state index contributed by atoms with van der Waals surface area (Å²) in [4.78, 5) is 0. The van der Waals surface area contributed by atoms with Crippen LogP contribution in [0.1, 0.15) is 6.42 Å². The first-order chi connectivity index (χ1) is 7.13. The normalized spacial score (nSPS) is 13.1. The second kappa shape index (κ2) is 6.05. The maximum atomic E-state index is 8.54. The molecule has 0 aromatic heterocycles. The molecule has 2 aliphatic carbocycles. The Morgan fingerprint density at radius 2 is 1.67 bits per heavy atom. The zero-order chi connectivity index (χ0) is 11.3. The summed E-state index contributed by atoms with van der Waals surface area (Å²) in [5.41, 5.74) is 8.35. The molecule has 0 bridgehead atoms. The Morgan fingerprint density at radius 1 is 1.20 bits per heavy atom. The fraction of sp³-hybridized carbons (Fsp3) is 0.500. The molecule has 2 aliphatic rings. The van der Waals surface area contributed by atoms with Gasteiger partial charge in [0.2, 0.25) is 0 Å². The summed E-state index contributed by atoms with van der Waals surface area (Å²) in [5, 5.41) is 8.54. The summed E-state index contributed by atoms with van der Waals surface area (Å²) < 4.78 is 0. The topological polar surface area (TPSA) is 46.2 Å². The molecule has 3 N–H and O–H groups in total. The van der Waals surface area contributed by atoms with Gasteiger partial charge in [0, 0.05) is 14.8 Å².